The van der Waals surface area contributed by atoms with Crippen LogP contribution >= 0.6 is 0 Å². The van der Waals surface area contributed by atoms with Gasteiger partial charge >= 0.3 is 0 Å². The van der Waals surface area contributed by atoms with E-state index in [0.29, 0.717) is 24.2 Å². The minimum Gasteiger partial charge on any atom is -0.397 e. The largest absolute Gasteiger partial charge is 0.397 e. The first-order valence-electron chi connectivity index (χ1n) is 6.62. The first-order valence-corrected chi connectivity index (χ1v) is 6.62. The number of carbonyl (C=O) groups is 2. The molecule has 0 aliphatic carbocycles. The Hall–Kier alpha value is -2.24. The van der Waals surface area contributed by atoms with Crippen molar-refractivity contribution in [3.05, 3.63) is 23.8 Å². The van der Waals surface area contributed by atoms with Gasteiger partial charge in [-0.1, -0.05) is 0 Å². The van der Waals surface area contributed by atoms with Crippen LogP contribution in [0.1, 0.15) is 23.2 Å². The van der Waals surface area contributed by atoms with Crippen LogP contribution in [0.2, 0.25) is 0 Å². The van der Waals surface area contributed by atoms with Crippen molar-refractivity contribution >= 4 is 23.2 Å². The van der Waals surface area contributed by atoms with E-state index >= 15 is 0 Å². The van der Waals surface area contributed by atoms with Crippen molar-refractivity contribution in [1.82, 2.24) is 10.2 Å². The fourth-order valence-electron chi connectivity index (χ4n) is 2.18. The van der Waals surface area contributed by atoms with Gasteiger partial charge in [0, 0.05) is 38.7 Å². The van der Waals surface area contributed by atoms with Gasteiger partial charge < -0.3 is 21.3 Å². The van der Waals surface area contributed by atoms with Crippen LogP contribution in [0.4, 0.5) is 11.4 Å². The summed E-state index contributed by atoms with van der Waals surface area (Å²) in [4.78, 5) is 24.4. The minimum absolute atomic E-state index is 0.0775. The lowest BCUT2D eigenvalue weighted by molar-refractivity contribution is -0.119. The van der Waals surface area contributed by atoms with Gasteiger partial charge in [-0.2, -0.15) is 0 Å². The predicted molar refractivity (Wildman–Crippen MR) is 78.5 cm³/mol. The lowest BCUT2D eigenvalue weighted by atomic mass is 10.1. The molecule has 6 nitrogen and oxygen atoms in total. The Morgan fingerprint density at radius 2 is 2.25 bits per heavy atom. The number of nitrogens with two attached hydrogens (primary N) is 1. The van der Waals surface area contributed by atoms with Crippen LogP contribution in [0.25, 0.3) is 0 Å². The van der Waals surface area contributed by atoms with Crippen LogP contribution in [0.3, 0.4) is 0 Å². The standard InChI is InChI=1S/C14H20N4O2/c1-18(2)14(20)9-3-5-12(11(15)7-9)16-8-10-4-6-13(19)17-10/h3,5,7,10,16H,4,6,8,15H2,1-2H3,(H,17,19). The molecule has 1 aliphatic rings. The van der Waals surface area contributed by atoms with Crippen LogP contribution in [-0.2, 0) is 4.79 Å². The molecule has 1 fully saturated rings. The van der Waals surface area contributed by atoms with E-state index in [1.54, 1.807) is 32.3 Å². The average molecular weight is 276 g/mol. The zero-order valence-electron chi connectivity index (χ0n) is 11.8. The van der Waals surface area contributed by atoms with Gasteiger partial charge in [-0.25, -0.2) is 0 Å². The molecule has 1 aliphatic heterocycles. The molecule has 0 saturated carbocycles. The second kappa shape index (κ2) is 5.81. The number of rotatable bonds is 4. The predicted octanol–water partition coefficient (Wildman–Crippen LogP) is 0.661. The highest BCUT2D eigenvalue weighted by Crippen LogP contribution is 2.21. The second-order valence-corrected chi connectivity index (χ2v) is 5.19. The Balaban J connectivity index is 1.99. The molecule has 1 atom stereocenters. The summed E-state index contributed by atoms with van der Waals surface area (Å²) in [6, 6.07) is 5.35. The van der Waals surface area contributed by atoms with Crippen molar-refractivity contribution in [2.24, 2.45) is 0 Å². The van der Waals surface area contributed by atoms with E-state index in [-0.39, 0.29) is 17.9 Å². The zero-order chi connectivity index (χ0) is 14.7. The third-order valence-corrected chi connectivity index (χ3v) is 3.33. The molecule has 0 spiro atoms. The molecule has 108 valence electrons. The molecule has 1 heterocycles. The van der Waals surface area contributed by atoms with Crippen molar-refractivity contribution in [3.8, 4) is 0 Å². The number of hydrogen-bond acceptors (Lipinski definition) is 4. The van der Waals surface area contributed by atoms with Gasteiger partial charge in [-0.3, -0.25) is 9.59 Å². The SMILES string of the molecule is CN(C)C(=O)c1ccc(NCC2CCC(=O)N2)c(N)c1. The highest BCUT2D eigenvalue weighted by molar-refractivity contribution is 5.95. The van der Waals surface area contributed by atoms with Crippen molar-refractivity contribution in [1.29, 1.82) is 0 Å². The first-order chi connectivity index (χ1) is 9.47. The molecule has 2 amide bonds. The Labute approximate surface area is 118 Å². The van der Waals surface area contributed by atoms with Crippen molar-refractivity contribution in [3.63, 3.8) is 0 Å². The van der Waals surface area contributed by atoms with Gasteiger partial charge in [0.2, 0.25) is 5.91 Å². The van der Waals surface area contributed by atoms with Crippen LogP contribution in [0.5, 0.6) is 0 Å². The number of nitrogens with zero attached hydrogens (tertiary/aromatic N) is 1. The quantitative estimate of drug-likeness (QED) is 0.705. The van der Waals surface area contributed by atoms with E-state index in [1.165, 1.54) is 4.90 Å². The monoisotopic (exact) mass is 276 g/mol. The van der Waals surface area contributed by atoms with E-state index in [1.807, 2.05) is 0 Å². The summed E-state index contributed by atoms with van der Waals surface area (Å²) in [6.07, 6.45) is 1.42. The fraction of sp³-hybridized carbons (Fsp3) is 0.429. The lowest BCUT2D eigenvalue weighted by Gasteiger charge is -2.15. The molecule has 1 aromatic carbocycles. The second-order valence-electron chi connectivity index (χ2n) is 5.19. The number of nitrogens with one attached hydrogen (secondary N) is 2. The van der Waals surface area contributed by atoms with Gasteiger partial charge in [0.05, 0.1) is 11.4 Å². The van der Waals surface area contributed by atoms with Crippen LogP contribution < -0.4 is 16.4 Å². The number of benzene rings is 1. The maximum Gasteiger partial charge on any atom is 0.253 e. The summed E-state index contributed by atoms with van der Waals surface area (Å²) in [5.74, 6) is 0.0167. The smallest absolute Gasteiger partial charge is 0.253 e. The molecule has 4 N–H and O–H groups in total. The highest BCUT2D eigenvalue weighted by atomic mass is 16.2. The van der Waals surface area contributed by atoms with Gasteiger partial charge in [0.15, 0.2) is 0 Å². The molecule has 2 rings (SSSR count). The third-order valence-electron chi connectivity index (χ3n) is 3.33. The number of amides is 2. The van der Waals surface area contributed by atoms with Crippen molar-refractivity contribution in [2.45, 2.75) is 18.9 Å². The Bertz CT molecular complexity index is 528. The summed E-state index contributed by atoms with van der Waals surface area (Å²) < 4.78 is 0. The maximum atomic E-state index is 11.8. The molecule has 1 aromatic rings. The number of anilines is 2. The van der Waals surface area contributed by atoms with E-state index in [9.17, 15) is 9.59 Å². The van der Waals surface area contributed by atoms with Gasteiger partial charge in [-0.05, 0) is 24.6 Å². The fourth-order valence-corrected chi connectivity index (χ4v) is 2.18. The zero-order valence-corrected chi connectivity index (χ0v) is 11.8. The molecule has 0 bridgehead atoms. The summed E-state index contributed by atoms with van der Waals surface area (Å²) in [6.45, 7) is 0.636. The molecule has 20 heavy (non-hydrogen) atoms. The van der Waals surface area contributed by atoms with Crippen LogP contribution in [-0.4, -0.2) is 43.4 Å². The first kappa shape index (κ1) is 14.2. The number of nitrogen functional groups attached to an aromatic ring is 1. The molecule has 0 radical (unpaired) electrons. The van der Waals surface area contributed by atoms with Crippen molar-refractivity contribution in [2.75, 3.05) is 31.7 Å². The molecular weight excluding hydrogens is 256 g/mol. The van der Waals surface area contributed by atoms with Crippen LogP contribution in [0.15, 0.2) is 18.2 Å². The van der Waals surface area contributed by atoms with Crippen LogP contribution in [0, 0.1) is 0 Å². The van der Waals surface area contributed by atoms with E-state index in [0.717, 1.165) is 12.1 Å². The summed E-state index contributed by atoms with van der Waals surface area (Å²) >= 11 is 0. The molecule has 6 heteroatoms. The number of hydrogen-bond donors (Lipinski definition) is 3. The van der Waals surface area contributed by atoms with Gasteiger partial charge in [0.1, 0.15) is 0 Å². The topological polar surface area (TPSA) is 87.5 Å². The molecule has 1 unspecified atom stereocenters. The molecule has 1 saturated heterocycles. The van der Waals surface area contributed by atoms with Gasteiger partial charge in [0.25, 0.3) is 5.91 Å². The summed E-state index contributed by atoms with van der Waals surface area (Å²) in [5, 5.41) is 6.09. The van der Waals surface area contributed by atoms with Crippen molar-refractivity contribution < 1.29 is 9.59 Å². The van der Waals surface area contributed by atoms with E-state index in [4.69, 9.17) is 5.73 Å². The normalized spacial score (nSPS) is 17.7. The summed E-state index contributed by atoms with van der Waals surface area (Å²) in [7, 11) is 3.40. The Morgan fingerprint density at radius 1 is 1.50 bits per heavy atom. The lowest BCUT2D eigenvalue weighted by Crippen LogP contribution is -2.32. The van der Waals surface area contributed by atoms with E-state index in [2.05, 4.69) is 10.6 Å². The minimum atomic E-state index is -0.0775. The third kappa shape index (κ3) is 3.20. The number of carbonyl (C=O) groups excluding carboxylic acids is 2. The van der Waals surface area contributed by atoms with E-state index < -0.39 is 0 Å². The average Bonchev–Trinajstić information content (AvgIpc) is 2.82. The maximum absolute atomic E-state index is 11.8. The molecule has 0 aromatic heterocycles. The molecular formula is C14H20N4O2. The Kier molecular flexibility index (Phi) is 4.12. The summed E-state index contributed by atoms with van der Waals surface area (Å²) in [5.41, 5.74) is 7.82. The Morgan fingerprint density at radius 3 is 2.80 bits per heavy atom. The van der Waals surface area contributed by atoms with Gasteiger partial charge in [-0.15, -0.1) is 0 Å². The highest BCUT2D eigenvalue weighted by Gasteiger charge is 2.20.